The zero-order valence-electron chi connectivity index (χ0n) is 35.0. The molecule has 8 heteroatoms. The predicted octanol–water partition coefficient (Wildman–Crippen LogP) is 9.97. The van der Waals surface area contributed by atoms with Crippen molar-refractivity contribution in [2.75, 3.05) is 19.5 Å². The van der Waals surface area contributed by atoms with Crippen molar-refractivity contribution in [3.05, 3.63) is 132 Å². The highest BCUT2D eigenvalue weighted by atomic mass is 32.2. The minimum atomic E-state index is -2.79. The fraction of sp³-hybridized carbons (Fsp3) is 0.458. The summed E-state index contributed by atoms with van der Waals surface area (Å²) < 4.78 is 32.1. The monoisotopic (exact) mass is 796 g/mol. The smallest absolute Gasteiger partial charge is 0.261 e. The zero-order valence-corrected chi connectivity index (χ0v) is 36.8. The van der Waals surface area contributed by atoms with Crippen LogP contribution in [0.4, 0.5) is 0 Å². The Bertz CT molecular complexity index is 1750. The van der Waals surface area contributed by atoms with Crippen LogP contribution in [0.2, 0.25) is 5.04 Å². The molecule has 0 amide bonds. The normalized spacial score (nSPS) is 18.8. The van der Waals surface area contributed by atoms with Crippen LogP contribution in [0.5, 0.6) is 5.75 Å². The summed E-state index contributed by atoms with van der Waals surface area (Å²) in [5.74, 6) is 0.927. The van der Waals surface area contributed by atoms with Crippen molar-refractivity contribution in [3.8, 4) is 5.75 Å². The molecule has 0 radical (unpaired) electrons. The van der Waals surface area contributed by atoms with Gasteiger partial charge in [-0.2, -0.15) is 0 Å². The van der Waals surface area contributed by atoms with Gasteiger partial charge in [0.2, 0.25) is 0 Å². The van der Waals surface area contributed by atoms with E-state index in [1.165, 1.54) is 15.3 Å². The molecule has 4 aromatic carbocycles. The Morgan fingerprint density at radius 3 is 1.91 bits per heavy atom. The summed E-state index contributed by atoms with van der Waals surface area (Å²) >= 11 is 1.78. The van der Waals surface area contributed by atoms with E-state index in [0.29, 0.717) is 32.5 Å². The average molecular weight is 797 g/mol. The first-order valence-electron chi connectivity index (χ1n) is 20.0. The standard InChI is InChI=1S/C48H64O6SSi/c1-36-44(54-48(7,8)53-36)33-40(51-34-37-25-27-39(50-9)28-26-37)31-38(32-45(49)47(5,6)35-55-41-19-13-10-14-20-41)29-30-52-56(46(2,3)4,42-21-15-11-16-22-42)43-23-17-12-18-24-43/h10-29,36,40,44-45,49H,30-35H2,1-9H3/b38-29+/t36-,40+,44-,45?/m1/s1. The van der Waals surface area contributed by atoms with Gasteiger partial charge in [0.1, 0.15) is 5.75 Å². The van der Waals surface area contributed by atoms with E-state index in [-0.39, 0.29) is 28.8 Å². The first-order chi connectivity index (χ1) is 26.6. The Kier molecular flexibility index (Phi) is 15.3. The molecule has 0 aromatic heterocycles. The van der Waals surface area contributed by atoms with Crippen LogP contribution in [-0.2, 0) is 25.2 Å². The number of methoxy groups -OCH3 is 1. The van der Waals surface area contributed by atoms with Crippen molar-refractivity contribution in [1.29, 1.82) is 0 Å². The van der Waals surface area contributed by atoms with Crippen LogP contribution in [0.3, 0.4) is 0 Å². The number of aliphatic hydroxyl groups excluding tert-OH is 1. The van der Waals surface area contributed by atoms with Crippen LogP contribution in [0.1, 0.15) is 80.2 Å². The minimum Gasteiger partial charge on any atom is -0.497 e. The Balaban J connectivity index is 1.47. The van der Waals surface area contributed by atoms with Crippen molar-refractivity contribution in [2.45, 2.75) is 121 Å². The van der Waals surface area contributed by atoms with E-state index in [9.17, 15) is 5.11 Å². The van der Waals surface area contributed by atoms with Gasteiger partial charge in [-0.3, -0.25) is 0 Å². The predicted molar refractivity (Wildman–Crippen MR) is 234 cm³/mol. The number of rotatable bonds is 19. The highest BCUT2D eigenvalue weighted by Gasteiger charge is 2.50. The maximum Gasteiger partial charge on any atom is 0.261 e. The van der Waals surface area contributed by atoms with E-state index < -0.39 is 20.2 Å². The zero-order chi connectivity index (χ0) is 40.4. The van der Waals surface area contributed by atoms with E-state index in [1.54, 1.807) is 18.9 Å². The van der Waals surface area contributed by atoms with Gasteiger partial charge in [-0.1, -0.05) is 137 Å². The molecule has 6 nitrogen and oxygen atoms in total. The lowest BCUT2D eigenvalue weighted by Gasteiger charge is -2.43. The van der Waals surface area contributed by atoms with E-state index in [0.717, 1.165) is 22.6 Å². The molecule has 4 aromatic rings. The van der Waals surface area contributed by atoms with Crippen LogP contribution in [0.15, 0.2) is 132 Å². The van der Waals surface area contributed by atoms with Gasteiger partial charge in [-0.15, -0.1) is 11.8 Å². The molecule has 302 valence electrons. The fourth-order valence-corrected chi connectivity index (χ4v) is 13.2. The molecule has 4 atom stereocenters. The lowest BCUT2D eigenvalue weighted by Crippen LogP contribution is -2.66. The second-order valence-corrected chi connectivity index (χ2v) is 22.6. The molecule has 56 heavy (non-hydrogen) atoms. The molecule has 0 spiro atoms. The number of ether oxygens (including phenoxy) is 4. The molecule has 1 heterocycles. The maximum atomic E-state index is 12.1. The molecule has 1 saturated heterocycles. The molecule has 1 unspecified atom stereocenters. The van der Waals surface area contributed by atoms with Crippen LogP contribution < -0.4 is 15.1 Å². The molecule has 0 saturated carbocycles. The summed E-state index contributed by atoms with van der Waals surface area (Å²) in [4.78, 5) is 1.20. The summed E-state index contributed by atoms with van der Waals surface area (Å²) in [5, 5.41) is 14.4. The van der Waals surface area contributed by atoms with Crippen molar-refractivity contribution < 1.29 is 28.5 Å². The van der Waals surface area contributed by atoms with Gasteiger partial charge in [0, 0.05) is 22.5 Å². The van der Waals surface area contributed by atoms with Gasteiger partial charge < -0.3 is 28.5 Å². The molecule has 1 aliphatic rings. The van der Waals surface area contributed by atoms with Gasteiger partial charge in [0.15, 0.2) is 5.79 Å². The molecule has 1 fully saturated rings. The number of thioether (sulfide) groups is 1. The van der Waals surface area contributed by atoms with E-state index in [2.05, 4.69) is 133 Å². The number of benzene rings is 4. The molecular formula is C48H64O6SSi. The van der Waals surface area contributed by atoms with Gasteiger partial charge in [-0.05, 0) is 78.9 Å². The largest absolute Gasteiger partial charge is 0.497 e. The molecule has 0 aliphatic carbocycles. The third-order valence-electron chi connectivity index (χ3n) is 10.9. The molecule has 1 aliphatic heterocycles. The number of hydrogen-bond acceptors (Lipinski definition) is 7. The first-order valence-corrected chi connectivity index (χ1v) is 22.9. The first kappa shape index (κ1) is 43.9. The number of aliphatic hydroxyl groups is 1. The van der Waals surface area contributed by atoms with Gasteiger partial charge in [0.05, 0.1) is 44.7 Å². The number of hydrogen-bond donors (Lipinski definition) is 1. The van der Waals surface area contributed by atoms with Gasteiger partial charge in [-0.25, -0.2) is 0 Å². The summed E-state index contributed by atoms with van der Waals surface area (Å²) in [7, 11) is -1.12. The summed E-state index contributed by atoms with van der Waals surface area (Å²) in [5.41, 5.74) is 1.81. The molecule has 5 rings (SSSR count). The third-order valence-corrected chi connectivity index (χ3v) is 17.4. The maximum absolute atomic E-state index is 12.1. The van der Waals surface area contributed by atoms with Gasteiger partial charge >= 0.3 is 0 Å². The van der Waals surface area contributed by atoms with Crippen LogP contribution in [0, 0.1) is 5.41 Å². The lowest BCUT2D eigenvalue weighted by atomic mass is 9.83. The summed E-state index contributed by atoms with van der Waals surface area (Å²) in [6.07, 6.45) is 2.98. The second kappa shape index (κ2) is 19.5. The van der Waals surface area contributed by atoms with Crippen molar-refractivity contribution in [2.24, 2.45) is 5.41 Å². The molecule has 0 bridgehead atoms. The highest BCUT2D eigenvalue weighted by molar-refractivity contribution is 7.99. The molecule has 1 N–H and O–H groups in total. The highest BCUT2D eigenvalue weighted by Crippen LogP contribution is 2.38. The Morgan fingerprint density at radius 2 is 1.39 bits per heavy atom. The SMILES string of the molecule is COc1ccc(CO[C@@H](C/C(=C\CO[Si](c2ccccc2)(c2ccccc2)C(C)(C)C)CC(O)C(C)(C)CSc2ccccc2)C[C@H]2OC(C)(C)O[C@@H]2C)cc1. The fourth-order valence-electron chi connectivity index (χ4n) is 7.65. The molecular weight excluding hydrogens is 733 g/mol. The van der Waals surface area contributed by atoms with Crippen LogP contribution in [-0.4, -0.2) is 63.1 Å². The average Bonchev–Trinajstić information content (AvgIpc) is 3.45. The Morgan fingerprint density at radius 1 is 0.821 bits per heavy atom. The minimum absolute atomic E-state index is 0.0810. The quantitative estimate of drug-likeness (QED) is 0.0576. The third kappa shape index (κ3) is 11.7. The van der Waals surface area contributed by atoms with E-state index >= 15 is 0 Å². The van der Waals surface area contributed by atoms with Gasteiger partial charge in [0.25, 0.3) is 8.32 Å². The van der Waals surface area contributed by atoms with E-state index in [1.807, 2.05) is 44.2 Å². The summed E-state index contributed by atoms with van der Waals surface area (Å²) in [6.45, 7) is 18.1. The van der Waals surface area contributed by atoms with Crippen LogP contribution in [0.25, 0.3) is 0 Å². The Labute approximate surface area is 342 Å². The van der Waals surface area contributed by atoms with E-state index in [4.69, 9.17) is 23.4 Å². The summed E-state index contributed by atoms with van der Waals surface area (Å²) in [6, 6.07) is 39.9. The van der Waals surface area contributed by atoms with Crippen molar-refractivity contribution >= 4 is 30.5 Å². The Hall–Kier alpha value is -3.21. The van der Waals surface area contributed by atoms with Crippen molar-refractivity contribution in [3.63, 3.8) is 0 Å². The topological polar surface area (TPSA) is 66.4 Å². The van der Waals surface area contributed by atoms with Crippen molar-refractivity contribution in [1.82, 2.24) is 0 Å². The van der Waals surface area contributed by atoms with Crippen LogP contribution >= 0.6 is 11.8 Å². The lowest BCUT2D eigenvalue weighted by molar-refractivity contribution is -0.148. The second-order valence-electron chi connectivity index (χ2n) is 17.2.